The zero-order chi connectivity index (χ0) is 9.52. The minimum Gasteiger partial charge on any atom is -0.376 e. The molecule has 0 spiro atoms. The average molecular weight is 182 g/mol. The third-order valence-corrected chi connectivity index (χ3v) is 1.92. The second kappa shape index (κ2) is 5.38. The number of guanidine groups is 1. The highest BCUT2D eigenvalue weighted by Crippen LogP contribution is 2.10. The minimum atomic E-state index is 0.261. The van der Waals surface area contributed by atoms with Crippen LogP contribution in [-0.2, 0) is 4.74 Å². The molecule has 2 N–H and O–H groups in total. The van der Waals surface area contributed by atoms with Crippen LogP contribution in [0, 0.1) is 11.5 Å². The van der Waals surface area contributed by atoms with Crippen LogP contribution in [0.1, 0.15) is 12.8 Å². The van der Waals surface area contributed by atoms with Gasteiger partial charge in [-0.1, -0.05) is 0 Å². The molecule has 1 aliphatic rings. The summed E-state index contributed by atoms with van der Waals surface area (Å²) < 4.78 is 5.40. The van der Waals surface area contributed by atoms with Gasteiger partial charge in [-0.05, 0) is 12.8 Å². The maximum Gasteiger partial charge on any atom is 0.204 e. The molecule has 1 aliphatic heterocycles. The predicted molar refractivity (Wildman–Crippen MR) is 49.1 cm³/mol. The summed E-state index contributed by atoms with van der Waals surface area (Å²) in [5, 5.41) is 13.8. The van der Waals surface area contributed by atoms with Crippen molar-refractivity contribution in [1.29, 1.82) is 5.26 Å². The summed E-state index contributed by atoms with van der Waals surface area (Å²) in [6.45, 7) is 1.55. The molecule has 1 heterocycles. The number of rotatable bonds is 2. The Morgan fingerprint density at radius 3 is 3.15 bits per heavy atom. The molecule has 1 rings (SSSR count). The van der Waals surface area contributed by atoms with Crippen LogP contribution in [0.3, 0.4) is 0 Å². The van der Waals surface area contributed by atoms with Gasteiger partial charge in [0.1, 0.15) is 0 Å². The van der Waals surface area contributed by atoms with Crippen molar-refractivity contribution in [3.05, 3.63) is 0 Å². The molecule has 1 fully saturated rings. The summed E-state index contributed by atoms with van der Waals surface area (Å²) in [5.74, 6) is 0.498. The molecule has 0 radical (unpaired) electrons. The first kappa shape index (κ1) is 9.81. The number of hydrogen-bond acceptors (Lipinski definition) is 3. The molecular weight excluding hydrogens is 168 g/mol. The molecule has 0 aromatic carbocycles. The van der Waals surface area contributed by atoms with Crippen molar-refractivity contribution in [3.8, 4) is 6.19 Å². The summed E-state index contributed by atoms with van der Waals surface area (Å²) in [6.07, 6.45) is 4.27. The highest BCUT2D eigenvalue weighted by Gasteiger charge is 2.15. The first-order valence-electron chi connectivity index (χ1n) is 4.34. The molecule has 13 heavy (non-hydrogen) atoms. The van der Waals surface area contributed by atoms with E-state index in [0.29, 0.717) is 12.5 Å². The highest BCUT2D eigenvalue weighted by atomic mass is 16.5. The van der Waals surface area contributed by atoms with Crippen molar-refractivity contribution >= 4 is 5.96 Å². The van der Waals surface area contributed by atoms with E-state index in [1.54, 1.807) is 7.05 Å². The molecule has 1 saturated heterocycles. The van der Waals surface area contributed by atoms with Crippen molar-refractivity contribution in [1.82, 2.24) is 10.6 Å². The molecule has 0 bridgehead atoms. The van der Waals surface area contributed by atoms with Crippen molar-refractivity contribution in [3.63, 3.8) is 0 Å². The van der Waals surface area contributed by atoms with Gasteiger partial charge in [0.15, 0.2) is 6.19 Å². The number of hydrogen-bond donors (Lipinski definition) is 2. The monoisotopic (exact) mass is 182 g/mol. The van der Waals surface area contributed by atoms with Gasteiger partial charge in [-0.3, -0.25) is 10.3 Å². The Morgan fingerprint density at radius 1 is 1.77 bits per heavy atom. The van der Waals surface area contributed by atoms with E-state index in [1.165, 1.54) is 0 Å². The van der Waals surface area contributed by atoms with Crippen LogP contribution >= 0.6 is 0 Å². The van der Waals surface area contributed by atoms with Gasteiger partial charge in [0.05, 0.1) is 6.10 Å². The Hall–Kier alpha value is -1.28. The third kappa shape index (κ3) is 3.30. The molecule has 0 aromatic rings. The van der Waals surface area contributed by atoms with Crippen LogP contribution < -0.4 is 10.6 Å². The van der Waals surface area contributed by atoms with Gasteiger partial charge >= 0.3 is 0 Å². The Morgan fingerprint density at radius 2 is 2.62 bits per heavy atom. The zero-order valence-electron chi connectivity index (χ0n) is 7.71. The number of nitrogens with zero attached hydrogens (tertiary/aromatic N) is 2. The van der Waals surface area contributed by atoms with Crippen LogP contribution in [0.4, 0.5) is 0 Å². The lowest BCUT2D eigenvalue weighted by molar-refractivity contribution is 0.114. The van der Waals surface area contributed by atoms with Gasteiger partial charge in [-0.25, -0.2) is 0 Å². The Labute approximate surface area is 77.8 Å². The van der Waals surface area contributed by atoms with Crippen LogP contribution in [-0.4, -0.2) is 32.3 Å². The Kier molecular flexibility index (Phi) is 4.06. The number of ether oxygens (including phenoxy) is 1. The highest BCUT2D eigenvalue weighted by molar-refractivity contribution is 5.80. The first-order valence-corrected chi connectivity index (χ1v) is 4.34. The largest absolute Gasteiger partial charge is 0.376 e. The minimum absolute atomic E-state index is 0.261. The second-order valence-corrected chi connectivity index (χ2v) is 2.82. The molecule has 0 saturated carbocycles. The fourth-order valence-corrected chi connectivity index (χ4v) is 1.25. The lowest BCUT2D eigenvalue weighted by atomic mass is 10.2. The molecule has 0 amide bonds. The predicted octanol–water partition coefficient (Wildman–Crippen LogP) is -0.189. The number of nitriles is 1. The smallest absolute Gasteiger partial charge is 0.204 e. The number of nitrogens with one attached hydrogen (secondary N) is 2. The van der Waals surface area contributed by atoms with E-state index in [9.17, 15) is 0 Å². The summed E-state index contributed by atoms with van der Waals surface area (Å²) in [6, 6.07) is 0. The van der Waals surface area contributed by atoms with Gasteiger partial charge in [0, 0.05) is 20.2 Å². The van der Waals surface area contributed by atoms with E-state index < -0.39 is 0 Å². The van der Waals surface area contributed by atoms with Crippen LogP contribution in [0.15, 0.2) is 4.99 Å². The molecular formula is C8H14N4O. The van der Waals surface area contributed by atoms with Gasteiger partial charge in [-0.15, -0.1) is 0 Å². The summed E-state index contributed by atoms with van der Waals surface area (Å²) in [5.41, 5.74) is 0. The maximum atomic E-state index is 8.35. The van der Waals surface area contributed by atoms with Gasteiger partial charge < -0.3 is 10.1 Å². The maximum absolute atomic E-state index is 8.35. The van der Waals surface area contributed by atoms with E-state index in [1.807, 2.05) is 6.19 Å². The second-order valence-electron chi connectivity index (χ2n) is 2.82. The van der Waals surface area contributed by atoms with Crippen LogP contribution in [0.5, 0.6) is 0 Å². The summed E-state index contributed by atoms with van der Waals surface area (Å²) in [4.78, 5) is 3.86. The van der Waals surface area contributed by atoms with E-state index in [2.05, 4.69) is 15.6 Å². The topological polar surface area (TPSA) is 69.4 Å². The normalized spacial score (nSPS) is 22.5. The van der Waals surface area contributed by atoms with Gasteiger partial charge in [0.2, 0.25) is 5.96 Å². The standard InChI is InChI=1S/C8H14N4O/c1-10-8(12-6-9)11-5-7-3-2-4-13-7/h7H,2-5H2,1H3,(H2,10,11,12)/t7-/m0/s1. The van der Waals surface area contributed by atoms with Crippen LogP contribution in [0.25, 0.3) is 0 Å². The van der Waals surface area contributed by atoms with Gasteiger partial charge in [-0.2, -0.15) is 5.26 Å². The fourth-order valence-electron chi connectivity index (χ4n) is 1.25. The summed E-state index contributed by atoms with van der Waals surface area (Å²) >= 11 is 0. The molecule has 1 atom stereocenters. The van der Waals surface area contributed by atoms with Crippen molar-refractivity contribution in [2.75, 3.05) is 20.2 Å². The van der Waals surface area contributed by atoms with Crippen LogP contribution in [0.2, 0.25) is 0 Å². The van der Waals surface area contributed by atoms with E-state index >= 15 is 0 Å². The van der Waals surface area contributed by atoms with Gasteiger partial charge in [0.25, 0.3) is 0 Å². The molecule has 0 aliphatic carbocycles. The zero-order valence-corrected chi connectivity index (χ0v) is 7.71. The van der Waals surface area contributed by atoms with Crippen molar-refractivity contribution in [2.45, 2.75) is 18.9 Å². The van der Waals surface area contributed by atoms with Crippen molar-refractivity contribution < 1.29 is 4.74 Å². The third-order valence-electron chi connectivity index (χ3n) is 1.92. The molecule has 0 aromatic heterocycles. The lowest BCUT2D eigenvalue weighted by Gasteiger charge is -2.11. The fraction of sp³-hybridized carbons (Fsp3) is 0.750. The first-order chi connectivity index (χ1) is 6.36. The molecule has 72 valence electrons. The van der Waals surface area contributed by atoms with Crippen molar-refractivity contribution in [2.24, 2.45) is 4.99 Å². The molecule has 5 nitrogen and oxygen atoms in total. The summed E-state index contributed by atoms with van der Waals surface area (Å²) in [7, 11) is 1.63. The Bertz CT molecular complexity index is 215. The number of aliphatic imine (C=N–C) groups is 1. The lowest BCUT2D eigenvalue weighted by Crippen LogP contribution is -2.38. The average Bonchev–Trinajstić information content (AvgIpc) is 2.64. The molecule has 5 heteroatoms. The quantitative estimate of drug-likeness (QED) is 0.269. The van der Waals surface area contributed by atoms with E-state index in [-0.39, 0.29) is 6.10 Å². The van der Waals surface area contributed by atoms with E-state index in [0.717, 1.165) is 19.4 Å². The van der Waals surface area contributed by atoms with E-state index in [4.69, 9.17) is 10.00 Å². The Balaban J connectivity index is 2.20. The molecule has 0 unspecified atom stereocenters. The SMILES string of the molecule is CN=C(NC#N)NC[C@@H]1CCCO1.